The van der Waals surface area contributed by atoms with Crippen molar-refractivity contribution in [2.24, 2.45) is 5.41 Å². The zero-order valence-electron chi connectivity index (χ0n) is 23.7. The van der Waals surface area contributed by atoms with Crippen LogP contribution in [0.3, 0.4) is 0 Å². The number of benzene rings is 2. The van der Waals surface area contributed by atoms with Gasteiger partial charge in [-0.2, -0.15) is 0 Å². The lowest BCUT2D eigenvalue weighted by Crippen LogP contribution is -2.58. The molecule has 1 unspecified atom stereocenters. The maximum atomic E-state index is 13.7. The monoisotopic (exact) mass is 555 g/mol. The van der Waals surface area contributed by atoms with Crippen LogP contribution in [0, 0.1) is 12.3 Å². The summed E-state index contributed by atoms with van der Waals surface area (Å²) in [7, 11) is 0. The Bertz CT molecular complexity index is 1180. The fraction of sp³-hybridized carbons (Fsp3) is 0.500. The molecule has 0 saturated carbocycles. The van der Waals surface area contributed by atoms with Crippen molar-refractivity contribution in [3.63, 3.8) is 0 Å². The molecule has 1 aliphatic rings. The van der Waals surface area contributed by atoms with Crippen molar-refractivity contribution in [1.82, 2.24) is 15.5 Å². The number of aliphatic hydroxyl groups is 1. The molecule has 3 amide bonds. The van der Waals surface area contributed by atoms with Crippen LogP contribution in [0.4, 0.5) is 0 Å². The van der Waals surface area contributed by atoms with Crippen molar-refractivity contribution in [3.8, 4) is 5.75 Å². The van der Waals surface area contributed by atoms with E-state index in [1.807, 2.05) is 44.2 Å². The number of carbonyl (C=O) groups excluding carboxylic acids is 3. The van der Waals surface area contributed by atoms with Gasteiger partial charge in [-0.25, -0.2) is 0 Å². The quantitative estimate of drug-likeness (QED) is 0.375. The summed E-state index contributed by atoms with van der Waals surface area (Å²) in [5.74, 6) is -1.15. The SMILES string of the molecule is Cc1c(O)cccc1C(=O)N[C@@H](Cc1ccccc1)[C@H](O)C(=O)N1CSC(C)(C)C1C(=O)NCCC(C)(C)C. The average Bonchev–Trinajstić information content (AvgIpc) is 3.19. The molecular weight excluding hydrogens is 514 g/mol. The molecule has 2 aromatic rings. The molecule has 0 radical (unpaired) electrons. The van der Waals surface area contributed by atoms with Crippen LogP contribution >= 0.6 is 11.8 Å². The molecule has 1 saturated heterocycles. The number of amides is 3. The van der Waals surface area contributed by atoms with E-state index in [4.69, 9.17) is 0 Å². The number of phenolic OH excluding ortho intramolecular Hbond substituents is 1. The smallest absolute Gasteiger partial charge is 0.254 e. The van der Waals surface area contributed by atoms with Crippen LogP contribution < -0.4 is 10.6 Å². The summed E-state index contributed by atoms with van der Waals surface area (Å²) in [4.78, 5) is 41.7. The topological polar surface area (TPSA) is 119 Å². The van der Waals surface area contributed by atoms with Crippen molar-refractivity contribution in [2.75, 3.05) is 12.4 Å². The molecule has 8 nitrogen and oxygen atoms in total. The van der Waals surface area contributed by atoms with E-state index in [9.17, 15) is 24.6 Å². The first-order chi connectivity index (χ1) is 18.2. The van der Waals surface area contributed by atoms with Gasteiger partial charge >= 0.3 is 0 Å². The van der Waals surface area contributed by atoms with E-state index in [0.29, 0.717) is 12.1 Å². The van der Waals surface area contributed by atoms with E-state index < -0.39 is 34.7 Å². The zero-order chi connectivity index (χ0) is 29.0. The van der Waals surface area contributed by atoms with Gasteiger partial charge in [0.2, 0.25) is 5.91 Å². The minimum absolute atomic E-state index is 0.0180. The normalized spacial score (nSPS) is 18.3. The maximum Gasteiger partial charge on any atom is 0.254 e. The first-order valence-corrected chi connectivity index (χ1v) is 14.2. The van der Waals surface area contributed by atoms with Gasteiger partial charge in [0.1, 0.15) is 11.8 Å². The molecule has 3 atom stereocenters. The third kappa shape index (κ3) is 7.76. The van der Waals surface area contributed by atoms with Gasteiger partial charge in [0.05, 0.1) is 11.9 Å². The van der Waals surface area contributed by atoms with Gasteiger partial charge in [0.15, 0.2) is 6.10 Å². The molecule has 9 heteroatoms. The number of nitrogens with one attached hydrogen (secondary N) is 2. The van der Waals surface area contributed by atoms with Gasteiger partial charge in [-0.15, -0.1) is 11.8 Å². The second-order valence-electron chi connectivity index (χ2n) is 11.9. The summed E-state index contributed by atoms with van der Waals surface area (Å²) >= 11 is 1.48. The van der Waals surface area contributed by atoms with Crippen LogP contribution in [0.25, 0.3) is 0 Å². The Hall–Kier alpha value is -3.04. The number of thioether (sulfide) groups is 1. The highest BCUT2D eigenvalue weighted by atomic mass is 32.2. The van der Waals surface area contributed by atoms with Crippen molar-refractivity contribution in [2.45, 2.75) is 77.3 Å². The minimum atomic E-state index is -1.59. The van der Waals surface area contributed by atoms with Gasteiger partial charge in [-0.3, -0.25) is 14.4 Å². The lowest BCUT2D eigenvalue weighted by Gasteiger charge is -2.33. The number of aromatic hydroxyl groups is 1. The molecule has 2 aromatic carbocycles. The summed E-state index contributed by atoms with van der Waals surface area (Å²) < 4.78 is -0.557. The molecule has 0 spiro atoms. The Morgan fingerprint density at radius 1 is 1.10 bits per heavy atom. The van der Waals surface area contributed by atoms with E-state index in [0.717, 1.165) is 12.0 Å². The van der Waals surface area contributed by atoms with E-state index >= 15 is 0 Å². The Morgan fingerprint density at radius 3 is 2.41 bits per heavy atom. The number of carbonyl (C=O) groups is 3. The van der Waals surface area contributed by atoms with Gasteiger partial charge in [0.25, 0.3) is 11.8 Å². The van der Waals surface area contributed by atoms with Gasteiger partial charge in [-0.1, -0.05) is 57.2 Å². The first kappa shape index (κ1) is 30.5. The third-order valence-corrected chi connectivity index (χ3v) is 8.42. The fourth-order valence-electron chi connectivity index (χ4n) is 4.64. The van der Waals surface area contributed by atoms with Crippen LogP contribution in [0.15, 0.2) is 48.5 Å². The molecule has 1 heterocycles. The number of hydrogen-bond donors (Lipinski definition) is 4. The molecule has 0 bridgehead atoms. The summed E-state index contributed by atoms with van der Waals surface area (Å²) in [5, 5.41) is 27.2. The molecule has 39 heavy (non-hydrogen) atoms. The molecule has 1 fully saturated rings. The van der Waals surface area contributed by atoms with Crippen LogP contribution in [0.2, 0.25) is 0 Å². The van der Waals surface area contributed by atoms with Gasteiger partial charge in [-0.05, 0) is 56.7 Å². The fourth-order valence-corrected chi connectivity index (χ4v) is 5.78. The second kappa shape index (κ2) is 12.4. The van der Waals surface area contributed by atoms with E-state index in [-0.39, 0.29) is 34.9 Å². The highest BCUT2D eigenvalue weighted by Gasteiger charge is 2.49. The summed E-state index contributed by atoms with van der Waals surface area (Å²) in [6, 6.07) is 12.2. The average molecular weight is 556 g/mol. The summed E-state index contributed by atoms with van der Waals surface area (Å²) in [6.45, 7) is 12.2. The van der Waals surface area contributed by atoms with Crippen LogP contribution in [0.5, 0.6) is 5.75 Å². The molecule has 3 rings (SSSR count). The third-order valence-electron chi connectivity index (χ3n) is 7.05. The van der Waals surface area contributed by atoms with Gasteiger partial charge in [0, 0.05) is 22.4 Å². The predicted molar refractivity (Wildman–Crippen MR) is 155 cm³/mol. The summed E-state index contributed by atoms with van der Waals surface area (Å²) in [6.07, 6.45) is -0.606. The number of hydrogen-bond acceptors (Lipinski definition) is 6. The Morgan fingerprint density at radius 2 is 1.77 bits per heavy atom. The molecule has 1 aliphatic heterocycles. The molecule has 0 aliphatic carbocycles. The van der Waals surface area contributed by atoms with Crippen LogP contribution in [0.1, 0.15) is 62.5 Å². The number of phenols is 1. The number of rotatable bonds is 9. The second-order valence-corrected chi connectivity index (χ2v) is 13.5. The van der Waals surface area contributed by atoms with E-state index in [1.54, 1.807) is 19.1 Å². The molecule has 212 valence electrons. The molecule has 0 aromatic heterocycles. The maximum absolute atomic E-state index is 13.7. The highest BCUT2D eigenvalue weighted by molar-refractivity contribution is 8.00. The predicted octanol–water partition coefficient (Wildman–Crippen LogP) is 3.64. The zero-order valence-corrected chi connectivity index (χ0v) is 24.5. The lowest BCUT2D eigenvalue weighted by molar-refractivity contribution is -0.147. The Kier molecular flexibility index (Phi) is 9.72. The lowest BCUT2D eigenvalue weighted by atomic mass is 9.92. The van der Waals surface area contributed by atoms with Crippen molar-refractivity contribution in [3.05, 3.63) is 65.2 Å². The first-order valence-electron chi connectivity index (χ1n) is 13.2. The van der Waals surface area contributed by atoms with Crippen molar-refractivity contribution < 1.29 is 24.6 Å². The largest absolute Gasteiger partial charge is 0.508 e. The van der Waals surface area contributed by atoms with Crippen LogP contribution in [-0.2, 0) is 16.0 Å². The van der Waals surface area contributed by atoms with Crippen molar-refractivity contribution >= 4 is 29.5 Å². The molecular formula is C30H41N3O5S. The number of aliphatic hydroxyl groups excluding tert-OH is 1. The van der Waals surface area contributed by atoms with E-state index in [2.05, 4.69) is 31.4 Å². The van der Waals surface area contributed by atoms with Crippen LogP contribution in [-0.4, -0.2) is 68.2 Å². The minimum Gasteiger partial charge on any atom is -0.508 e. The van der Waals surface area contributed by atoms with Crippen molar-refractivity contribution in [1.29, 1.82) is 0 Å². The number of nitrogens with zero attached hydrogens (tertiary/aromatic N) is 1. The molecule has 4 N–H and O–H groups in total. The highest BCUT2D eigenvalue weighted by Crippen LogP contribution is 2.40. The standard InChI is InChI=1S/C30H41N3O5S/c1-19-21(13-10-14-23(19)34)26(36)32-22(17-20-11-8-7-9-12-20)24(35)28(38)33-18-39-30(5,6)25(33)27(37)31-16-15-29(2,3)4/h7-14,22,24-25,34-35H,15-18H2,1-6H3,(H,31,37)(H,32,36)/t22-,24-,25?/m0/s1. The van der Waals surface area contributed by atoms with Gasteiger partial charge < -0.3 is 25.7 Å². The van der Waals surface area contributed by atoms with E-state index in [1.165, 1.54) is 22.7 Å². The Labute approximate surface area is 235 Å². The summed E-state index contributed by atoms with van der Waals surface area (Å²) in [5.41, 5.74) is 1.53. The Balaban J connectivity index is 1.84.